The van der Waals surface area contributed by atoms with Gasteiger partial charge >= 0.3 is 5.97 Å². The molecule has 0 saturated carbocycles. The lowest BCUT2D eigenvalue weighted by Crippen LogP contribution is -2.42. The number of likely N-dealkylation sites (tertiary alicyclic amines) is 1. The lowest BCUT2D eigenvalue weighted by molar-refractivity contribution is -0.272. The highest BCUT2D eigenvalue weighted by Crippen LogP contribution is 2.44. The molecule has 0 amide bonds. The number of halogens is 3. The predicted molar refractivity (Wildman–Crippen MR) is 131 cm³/mol. The summed E-state index contributed by atoms with van der Waals surface area (Å²) < 4.78 is 47.0. The van der Waals surface area contributed by atoms with E-state index in [2.05, 4.69) is 19.9 Å². The van der Waals surface area contributed by atoms with Crippen LogP contribution in [0.4, 0.5) is 13.2 Å². The molecular formula is C28H26F3N3O4. The summed E-state index contributed by atoms with van der Waals surface area (Å²) >= 11 is 0. The minimum atomic E-state index is -1.03. The summed E-state index contributed by atoms with van der Waals surface area (Å²) in [6, 6.07) is 12.2. The second-order valence-corrected chi connectivity index (χ2v) is 9.37. The Kier molecular flexibility index (Phi) is 7.44. The van der Waals surface area contributed by atoms with Gasteiger partial charge in [0.2, 0.25) is 5.95 Å². The molecule has 1 spiro atoms. The Morgan fingerprint density at radius 3 is 2.50 bits per heavy atom. The van der Waals surface area contributed by atoms with Gasteiger partial charge in [0.1, 0.15) is 5.71 Å². The fourth-order valence-electron chi connectivity index (χ4n) is 4.88. The van der Waals surface area contributed by atoms with Crippen LogP contribution in [0.15, 0.2) is 59.9 Å². The third kappa shape index (κ3) is 5.41. The standard InChI is InChI=1S/C28H26F3N3O4/c1-2-26(35)37-38-33-27(20-7-8-23(29)24(30)13-20)19-5-3-18(4-6-19)16-34-11-9-28(10-12-34)22-15-32-25(31)14-21(22)17-36-28/h3-8,13-15H,2,9-12,16-17H2,1H3. The van der Waals surface area contributed by atoms with Crippen molar-refractivity contribution in [1.29, 1.82) is 0 Å². The maximum atomic E-state index is 13.9. The molecule has 3 heterocycles. The van der Waals surface area contributed by atoms with Gasteiger partial charge in [0, 0.05) is 48.9 Å². The fourth-order valence-corrected chi connectivity index (χ4v) is 4.88. The second kappa shape index (κ2) is 10.9. The van der Waals surface area contributed by atoms with Crippen LogP contribution in [-0.2, 0) is 38.2 Å². The molecule has 0 unspecified atom stereocenters. The smallest absolute Gasteiger partial charge is 0.357 e. The molecule has 2 aliphatic heterocycles. The van der Waals surface area contributed by atoms with Gasteiger partial charge in [-0.05, 0) is 53.4 Å². The summed E-state index contributed by atoms with van der Waals surface area (Å²) in [6.07, 6.45) is 3.26. The van der Waals surface area contributed by atoms with Gasteiger partial charge in [-0.15, -0.1) is 0 Å². The van der Waals surface area contributed by atoms with Crippen molar-refractivity contribution in [2.24, 2.45) is 5.16 Å². The molecule has 0 N–H and O–H groups in total. The van der Waals surface area contributed by atoms with Crippen molar-refractivity contribution in [1.82, 2.24) is 9.88 Å². The summed E-state index contributed by atoms with van der Waals surface area (Å²) in [5, 5.41) is 3.86. The lowest BCUT2D eigenvalue weighted by atomic mass is 9.84. The molecular weight excluding hydrogens is 499 g/mol. The third-order valence-electron chi connectivity index (χ3n) is 6.99. The number of hydrogen-bond donors (Lipinski definition) is 0. The first-order valence-corrected chi connectivity index (χ1v) is 12.4. The monoisotopic (exact) mass is 525 g/mol. The Hall–Kier alpha value is -3.76. The van der Waals surface area contributed by atoms with Crippen LogP contribution >= 0.6 is 0 Å². The van der Waals surface area contributed by atoms with E-state index >= 15 is 0 Å². The first-order valence-electron chi connectivity index (χ1n) is 12.4. The molecule has 0 aliphatic carbocycles. The van der Waals surface area contributed by atoms with Crippen molar-refractivity contribution in [3.05, 3.63) is 100 Å². The Bertz CT molecular complexity index is 1360. The molecule has 1 aromatic heterocycles. The summed E-state index contributed by atoms with van der Waals surface area (Å²) in [6.45, 7) is 4.31. The van der Waals surface area contributed by atoms with Crippen LogP contribution in [-0.4, -0.2) is 34.7 Å². The molecule has 0 radical (unpaired) electrons. The van der Waals surface area contributed by atoms with Gasteiger partial charge in [0.15, 0.2) is 11.6 Å². The van der Waals surface area contributed by atoms with Crippen molar-refractivity contribution in [2.75, 3.05) is 13.1 Å². The number of piperidine rings is 1. The van der Waals surface area contributed by atoms with Gasteiger partial charge in [-0.3, -0.25) is 4.90 Å². The normalized spacial score (nSPS) is 16.9. The van der Waals surface area contributed by atoms with E-state index in [1.54, 1.807) is 25.3 Å². The average Bonchev–Trinajstić information content (AvgIpc) is 3.27. The first kappa shape index (κ1) is 25.9. The van der Waals surface area contributed by atoms with E-state index in [-0.39, 0.29) is 17.7 Å². The summed E-state index contributed by atoms with van der Waals surface area (Å²) in [7, 11) is 0. The zero-order chi connectivity index (χ0) is 26.7. The summed E-state index contributed by atoms with van der Waals surface area (Å²) in [4.78, 5) is 26.9. The number of oxime groups is 1. The molecule has 38 heavy (non-hydrogen) atoms. The zero-order valence-electron chi connectivity index (χ0n) is 20.8. The molecule has 1 fully saturated rings. The van der Waals surface area contributed by atoms with Crippen LogP contribution in [0.5, 0.6) is 0 Å². The summed E-state index contributed by atoms with van der Waals surface area (Å²) in [5.74, 6) is -3.13. The fraction of sp³-hybridized carbons (Fsp3) is 0.321. The van der Waals surface area contributed by atoms with E-state index in [0.29, 0.717) is 18.7 Å². The molecule has 198 valence electrons. The lowest BCUT2D eigenvalue weighted by Gasteiger charge is -2.39. The van der Waals surface area contributed by atoms with E-state index in [4.69, 9.17) is 9.73 Å². The molecule has 2 aliphatic rings. The van der Waals surface area contributed by atoms with Crippen molar-refractivity contribution < 1.29 is 32.6 Å². The highest BCUT2D eigenvalue weighted by Gasteiger charge is 2.43. The van der Waals surface area contributed by atoms with Gasteiger partial charge in [0.25, 0.3) is 0 Å². The van der Waals surface area contributed by atoms with Gasteiger partial charge in [-0.25, -0.2) is 23.4 Å². The SMILES string of the molecule is CCC(=O)OON=C(c1ccc(CN2CCC3(CC2)OCc2cc(F)ncc23)cc1)c1ccc(F)c(F)c1. The quantitative estimate of drug-likeness (QED) is 0.184. The van der Waals surface area contributed by atoms with Gasteiger partial charge in [-0.2, -0.15) is 9.38 Å². The molecule has 7 nitrogen and oxygen atoms in total. The minimum Gasteiger partial charge on any atom is -0.365 e. The molecule has 0 atom stereocenters. The number of carbonyl (C=O) groups is 1. The molecule has 3 aromatic rings. The number of carbonyl (C=O) groups excluding carboxylic acids is 1. The van der Waals surface area contributed by atoms with E-state index in [9.17, 15) is 18.0 Å². The van der Waals surface area contributed by atoms with Crippen LogP contribution in [0.25, 0.3) is 0 Å². The third-order valence-corrected chi connectivity index (χ3v) is 6.99. The number of benzene rings is 2. The van der Waals surface area contributed by atoms with Gasteiger partial charge in [-0.1, -0.05) is 31.2 Å². The van der Waals surface area contributed by atoms with Crippen molar-refractivity contribution in [3.8, 4) is 0 Å². The van der Waals surface area contributed by atoms with Crippen LogP contribution < -0.4 is 0 Å². The predicted octanol–water partition coefficient (Wildman–Crippen LogP) is 5.16. The molecule has 10 heteroatoms. The Morgan fingerprint density at radius 2 is 1.79 bits per heavy atom. The van der Waals surface area contributed by atoms with Crippen molar-refractivity contribution in [3.63, 3.8) is 0 Å². The minimum absolute atomic E-state index is 0.0937. The number of ether oxygens (including phenoxy) is 1. The van der Waals surface area contributed by atoms with E-state index in [1.807, 2.05) is 12.1 Å². The van der Waals surface area contributed by atoms with Crippen LogP contribution in [0, 0.1) is 17.6 Å². The maximum absolute atomic E-state index is 13.9. The van der Waals surface area contributed by atoms with Gasteiger partial charge in [0.05, 0.1) is 12.2 Å². The maximum Gasteiger partial charge on any atom is 0.357 e. The highest BCUT2D eigenvalue weighted by molar-refractivity contribution is 6.12. The van der Waals surface area contributed by atoms with E-state index in [0.717, 1.165) is 54.8 Å². The number of pyridine rings is 1. The van der Waals surface area contributed by atoms with Crippen LogP contribution in [0.3, 0.4) is 0 Å². The number of rotatable bonds is 7. The Balaban J connectivity index is 1.27. The number of hydrogen-bond acceptors (Lipinski definition) is 7. The molecule has 0 bridgehead atoms. The van der Waals surface area contributed by atoms with Crippen molar-refractivity contribution in [2.45, 2.75) is 44.9 Å². The van der Waals surface area contributed by atoms with E-state index < -0.39 is 29.2 Å². The topological polar surface area (TPSA) is 73.2 Å². The number of nitrogens with zero attached hydrogens (tertiary/aromatic N) is 3. The van der Waals surface area contributed by atoms with Crippen molar-refractivity contribution >= 4 is 11.7 Å². The van der Waals surface area contributed by atoms with Gasteiger partial charge < -0.3 is 4.74 Å². The first-order chi connectivity index (χ1) is 18.4. The Morgan fingerprint density at radius 1 is 1.05 bits per heavy atom. The molecule has 5 rings (SSSR count). The van der Waals surface area contributed by atoms with Crippen LogP contribution in [0.1, 0.15) is 54.0 Å². The largest absolute Gasteiger partial charge is 0.365 e. The van der Waals surface area contributed by atoms with E-state index in [1.165, 1.54) is 12.1 Å². The molecule has 2 aromatic carbocycles. The second-order valence-electron chi connectivity index (χ2n) is 9.37. The van der Waals surface area contributed by atoms with Crippen LogP contribution in [0.2, 0.25) is 0 Å². The zero-order valence-corrected chi connectivity index (χ0v) is 20.8. The number of fused-ring (bicyclic) bond motifs is 2. The number of aromatic nitrogens is 1. The Labute approximate surface area is 217 Å². The summed E-state index contributed by atoms with van der Waals surface area (Å²) in [5.41, 5.74) is 3.50. The highest BCUT2D eigenvalue weighted by atomic mass is 19.2. The average molecular weight is 526 g/mol. The molecule has 1 saturated heterocycles.